The van der Waals surface area contributed by atoms with Gasteiger partial charge in [0.05, 0.1) is 0 Å². The molecule has 0 aromatic heterocycles. The fourth-order valence-electron chi connectivity index (χ4n) is 2.45. The Kier molecular flexibility index (Phi) is 8.07. The predicted molar refractivity (Wildman–Crippen MR) is 116 cm³/mol. The highest BCUT2D eigenvalue weighted by Crippen LogP contribution is 2.23. The van der Waals surface area contributed by atoms with Gasteiger partial charge in [0.15, 0.2) is 5.11 Å². The van der Waals surface area contributed by atoms with Gasteiger partial charge in [-0.15, -0.1) is 11.8 Å². The van der Waals surface area contributed by atoms with E-state index in [4.69, 9.17) is 23.8 Å². The molecule has 25 heavy (non-hydrogen) atoms. The van der Waals surface area contributed by atoms with Crippen LogP contribution >= 0.6 is 35.6 Å². The summed E-state index contributed by atoms with van der Waals surface area (Å²) in [4.78, 5) is 1.24. The maximum absolute atomic E-state index is 5.92. The van der Waals surface area contributed by atoms with E-state index in [9.17, 15) is 0 Å². The molecule has 0 amide bonds. The highest BCUT2D eigenvalue weighted by atomic mass is 35.5. The van der Waals surface area contributed by atoms with E-state index in [1.165, 1.54) is 16.0 Å². The molecule has 5 heteroatoms. The topological polar surface area (TPSA) is 24.1 Å². The van der Waals surface area contributed by atoms with Crippen LogP contribution in [0.5, 0.6) is 0 Å². The molecule has 0 aliphatic heterocycles. The van der Waals surface area contributed by atoms with E-state index in [0.717, 1.165) is 29.4 Å². The average Bonchev–Trinajstić information content (AvgIpc) is 2.61. The molecule has 0 fully saturated rings. The first-order chi connectivity index (χ1) is 12.0. The summed E-state index contributed by atoms with van der Waals surface area (Å²) in [6.45, 7) is 7.34. The number of benzene rings is 2. The number of hydrogen-bond donors (Lipinski definition) is 2. The van der Waals surface area contributed by atoms with E-state index in [1.54, 1.807) is 0 Å². The maximum atomic E-state index is 5.92. The molecule has 0 heterocycles. The summed E-state index contributed by atoms with van der Waals surface area (Å²) in [7, 11) is 0. The van der Waals surface area contributed by atoms with Crippen molar-refractivity contribution in [1.29, 1.82) is 0 Å². The van der Waals surface area contributed by atoms with Crippen molar-refractivity contribution >= 4 is 46.4 Å². The minimum atomic E-state index is 0.503. The van der Waals surface area contributed by atoms with Gasteiger partial charge in [-0.1, -0.05) is 43.6 Å². The number of hydrogen-bond acceptors (Lipinski definition) is 2. The van der Waals surface area contributed by atoms with Crippen molar-refractivity contribution in [2.45, 2.75) is 32.1 Å². The number of nitrogens with one attached hydrogen (secondary N) is 2. The lowest BCUT2D eigenvalue weighted by Crippen LogP contribution is -2.33. The summed E-state index contributed by atoms with van der Waals surface area (Å²) in [6, 6.07) is 14.3. The molecule has 0 radical (unpaired) electrons. The standard InChI is InChI=1S/C20H25ClN2S2/c1-4-16-7-5-6-15(3)19(16)23-20(24)22-12-14(2)13-25-18-10-8-17(21)9-11-18/h5-11,14H,4,12-13H2,1-3H3,(H2,22,23,24)/t14-/m1/s1. The van der Waals surface area contributed by atoms with Gasteiger partial charge >= 0.3 is 0 Å². The Bertz CT molecular complexity index is 701. The van der Waals surface area contributed by atoms with Gasteiger partial charge < -0.3 is 10.6 Å². The third kappa shape index (κ3) is 6.53. The number of thiocarbonyl (C=S) groups is 1. The van der Waals surface area contributed by atoms with Crippen molar-refractivity contribution in [2.24, 2.45) is 5.92 Å². The molecule has 0 saturated heterocycles. The summed E-state index contributed by atoms with van der Waals surface area (Å²) in [6.07, 6.45) is 0.987. The minimum Gasteiger partial charge on any atom is -0.362 e. The molecule has 0 saturated carbocycles. The van der Waals surface area contributed by atoms with Gasteiger partial charge in [0.2, 0.25) is 0 Å². The predicted octanol–water partition coefficient (Wildman–Crippen LogP) is 5.93. The van der Waals surface area contributed by atoms with Crippen molar-refractivity contribution in [1.82, 2.24) is 5.32 Å². The third-order valence-corrected chi connectivity index (χ3v) is 5.78. The van der Waals surface area contributed by atoms with E-state index in [0.29, 0.717) is 11.0 Å². The lowest BCUT2D eigenvalue weighted by atomic mass is 10.1. The molecule has 2 aromatic carbocycles. The van der Waals surface area contributed by atoms with E-state index < -0.39 is 0 Å². The first-order valence-corrected chi connectivity index (χ1v) is 10.3. The molecule has 2 N–H and O–H groups in total. The Morgan fingerprint density at radius 1 is 1.20 bits per heavy atom. The van der Waals surface area contributed by atoms with Gasteiger partial charge in [-0.05, 0) is 66.9 Å². The molecule has 2 aromatic rings. The van der Waals surface area contributed by atoms with Crippen LogP contribution in [-0.4, -0.2) is 17.4 Å². The number of thioether (sulfide) groups is 1. The van der Waals surface area contributed by atoms with Gasteiger partial charge in [-0.25, -0.2) is 0 Å². The fourth-order valence-corrected chi connectivity index (χ4v) is 3.69. The Morgan fingerprint density at radius 2 is 1.92 bits per heavy atom. The fraction of sp³-hybridized carbons (Fsp3) is 0.350. The Balaban J connectivity index is 1.78. The van der Waals surface area contributed by atoms with E-state index >= 15 is 0 Å². The second-order valence-electron chi connectivity index (χ2n) is 6.17. The number of anilines is 1. The maximum Gasteiger partial charge on any atom is 0.170 e. The molecule has 0 bridgehead atoms. The zero-order valence-corrected chi connectivity index (χ0v) is 17.3. The lowest BCUT2D eigenvalue weighted by Gasteiger charge is -2.18. The largest absolute Gasteiger partial charge is 0.362 e. The summed E-state index contributed by atoms with van der Waals surface area (Å²) in [5.41, 5.74) is 3.64. The molecule has 1 atom stereocenters. The van der Waals surface area contributed by atoms with Crippen molar-refractivity contribution < 1.29 is 0 Å². The Hall–Kier alpha value is -1.23. The molecule has 0 spiro atoms. The summed E-state index contributed by atoms with van der Waals surface area (Å²) in [5, 5.41) is 8.17. The first-order valence-electron chi connectivity index (χ1n) is 8.51. The first kappa shape index (κ1) is 20.1. The number of rotatable bonds is 7. The Morgan fingerprint density at radius 3 is 2.60 bits per heavy atom. The van der Waals surface area contributed by atoms with Crippen LogP contribution in [0.25, 0.3) is 0 Å². The molecule has 0 aliphatic rings. The molecule has 0 unspecified atom stereocenters. The van der Waals surface area contributed by atoms with Gasteiger partial charge in [0.1, 0.15) is 0 Å². The summed E-state index contributed by atoms with van der Waals surface area (Å²) >= 11 is 13.2. The monoisotopic (exact) mass is 392 g/mol. The van der Waals surface area contributed by atoms with E-state index in [1.807, 2.05) is 23.9 Å². The van der Waals surface area contributed by atoms with Crippen LogP contribution in [-0.2, 0) is 6.42 Å². The highest BCUT2D eigenvalue weighted by molar-refractivity contribution is 7.99. The number of halogens is 1. The summed E-state index contributed by atoms with van der Waals surface area (Å²) in [5.74, 6) is 1.53. The zero-order valence-electron chi connectivity index (χ0n) is 14.9. The van der Waals surface area contributed by atoms with Gasteiger partial charge in [-0.3, -0.25) is 0 Å². The molecule has 2 rings (SSSR count). The van der Waals surface area contributed by atoms with Crippen LogP contribution in [0.1, 0.15) is 25.0 Å². The molecule has 0 aliphatic carbocycles. The lowest BCUT2D eigenvalue weighted by molar-refractivity contribution is 0.637. The molecule has 2 nitrogen and oxygen atoms in total. The highest BCUT2D eigenvalue weighted by Gasteiger charge is 2.08. The second-order valence-corrected chi connectivity index (χ2v) is 8.11. The molecule has 134 valence electrons. The van der Waals surface area contributed by atoms with Crippen LogP contribution in [0.3, 0.4) is 0 Å². The molecular formula is C20H25ClN2S2. The normalized spacial score (nSPS) is 11.8. The van der Waals surface area contributed by atoms with Gasteiger partial charge in [-0.2, -0.15) is 0 Å². The van der Waals surface area contributed by atoms with E-state index in [2.05, 4.69) is 61.7 Å². The van der Waals surface area contributed by atoms with Crippen LogP contribution in [0, 0.1) is 12.8 Å². The molecular weight excluding hydrogens is 368 g/mol. The average molecular weight is 393 g/mol. The minimum absolute atomic E-state index is 0.503. The number of aryl methyl sites for hydroxylation is 2. The Labute approximate surface area is 165 Å². The van der Waals surface area contributed by atoms with Gasteiger partial charge in [0, 0.05) is 27.9 Å². The quantitative estimate of drug-likeness (QED) is 0.450. The van der Waals surface area contributed by atoms with E-state index in [-0.39, 0.29) is 0 Å². The van der Waals surface area contributed by atoms with Crippen LogP contribution in [0.2, 0.25) is 5.02 Å². The van der Waals surface area contributed by atoms with Crippen LogP contribution < -0.4 is 10.6 Å². The van der Waals surface area contributed by atoms with Crippen molar-refractivity contribution in [2.75, 3.05) is 17.6 Å². The van der Waals surface area contributed by atoms with Crippen molar-refractivity contribution in [3.8, 4) is 0 Å². The number of para-hydroxylation sites is 1. The van der Waals surface area contributed by atoms with Crippen LogP contribution in [0.4, 0.5) is 5.69 Å². The summed E-state index contributed by atoms with van der Waals surface area (Å²) < 4.78 is 0. The zero-order chi connectivity index (χ0) is 18.2. The van der Waals surface area contributed by atoms with Crippen molar-refractivity contribution in [3.63, 3.8) is 0 Å². The van der Waals surface area contributed by atoms with Crippen molar-refractivity contribution in [3.05, 3.63) is 58.6 Å². The second kappa shape index (κ2) is 10.0. The SMILES string of the molecule is CCc1cccc(C)c1NC(=S)NC[C@@H](C)CSc1ccc(Cl)cc1. The van der Waals surface area contributed by atoms with Gasteiger partial charge in [0.25, 0.3) is 0 Å². The smallest absolute Gasteiger partial charge is 0.170 e. The third-order valence-electron chi connectivity index (χ3n) is 3.94. The van der Waals surface area contributed by atoms with Crippen LogP contribution in [0.15, 0.2) is 47.4 Å².